The van der Waals surface area contributed by atoms with Gasteiger partial charge in [0.2, 0.25) is 4.93 Å². The molecule has 8 heteroatoms. The molecule has 1 aromatic carbocycles. The first-order chi connectivity index (χ1) is 12.8. The van der Waals surface area contributed by atoms with E-state index in [2.05, 4.69) is 15.9 Å². The van der Waals surface area contributed by atoms with E-state index < -0.39 is 20.7 Å². The molecule has 146 valence electrons. The first kappa shape index (κ1) is 20.4. The van der Waals surface area contributed by atoms with Crippen molar-refractivity contribution in [3.63, 3.8) is 0 Å². The normalized spacial score (nSPS) is 24.3. The van der Waals surface area contributed by atoms with Crippen molar-refractivity contribution >= 4 is 43.1 Å². The third kappa shape index (κ3) is 3.93. The molecule has 0 spiro atoms. The topological polar surface area (TPSA) is 69.7 Å². The van der Waals surface area contributed by atoms with Crippen molar-refractivity contribution in [2.75, 3.05) is 12.9 Å². The number of methoxy groups -OCH3 is 1. The van der Waals surface area contributed by atoms with Crippen molar-refractivity contribution in [3.05, 3.63) is 50.6 Å². The summed E-state index contributed by atoms with van der Waals surface area (Å²) in [5.41, 5.74) is 0.977. The Morgan fingerprint density at radius 2 is 1.96 bits per heavy atom. The van der Waals surface area contributed by atoms with Crippen molar-refractivity contribution in [2.45, 2.75) is 31.1 Å². The molecule has 1 saturated heterocycles. The Morgan fingerprint density at radius 1 is 1.26 bits per heavy atom. The van der Waals surface area contributed by atoms with Gasteiger partial charge in [-0.05, 0) is 65.0 Å². The second-order valence-electron chi connectivity index (χ2n) is 6.58. The van der Waals surface area contributed by atoms with Crippen LogP contribution in [0.25, 0.3) is 0 Å². The van der Waals surface area contributed by atoms with Gasteiger partial charge in [0.1, 0.15) is 5.75 Å². The lowest BCUT2D eigenvalue weighted by Gasteiger charge is -2.41. The number of carbonyl (C=O) groups excluding carboxylic acids is 1. The smallest absolute Gasteiger partial charge is 0.304 e. The predicted octanol–water partition coefficient (Wildman–Crippen LogP) is 4.30. The van der Waals surface area contributed by atoms with E-state index in [9.17, 15) is 13.2 Å². The van der Waals surface area contributed by atoms with Gasteiger partial charge in [-0.1, -0.05) is 12.1 Å². The summed E-state index contributed by atoms with van der Waals surface area (Å²) in [6, 6.07) is 11.1. The molecule has 0 saturated carbocycles. The van der Waals surface area contributed by atoms with Crippen LogP contribution in [0.1, 0.15) is 30.2 Å². The third-order valence-corrected chi connectivity index (χ3v) is 9.07. The minimum absolute atomic E-state index is 0.00884. The number of thiophene rings is 1. The summed E-state index contributed by atoms with van der Waals surface area (Å²) in [6.07, 6.45) is 1.71. The summed E-state index contributed by atoms with van der Waals surface area (Å²) >= 11 is 4.70. The van der Waals surface area contributed by atoms with Crippen LogP contribution in [-0.4, -0.2) is 27.2 Å². The van der Waals surface area contributed by atoms with Crippen LogP contribution in [0.2, 0.25) is 0 Å². The maximum Gasteiger partial charge on any atom is 0.304 e. The molecule has 1 aliphatic rings. The summed E-state index contributed by atoms with van der Waals surface area (Å²) in [4.78, 5) is 10.9. The second-order valence-corrected chi connectivity index (χ2v) is 11.3. The van der Waals surface area contributed by atoms with Gasteiger partial charge >= 0.3 is 5.97 Å². The van der Waals surface area contributed by atoms with E-state index in [-0.39, 0.29) is 11.7 Å². The zero-order valence-electron chi connectivity index (χ0n) is 15.1. The maximum absolute atomic E-state index is 13.2. The van der Waals surface area contributed by atoms with Gasteiger partial charge in [0.25, 0.3) is 0 Å². The molecular weight excluding hydrogens is 452 g/mol. The van der Waals surface area contributed by atoms with Gasteiger partial charge in [-0.3, -0.25) is 4.79 Å². The maximum atomic E-state index is 13.2. The SMILES string of the molecule is COc1ccc(CC2CCCS(=O)(=O)[C@]2(OC(C)=O)c2ccc(Br)s2)cc1. The van der Waals surface area contributed by atoms with E-state index in [1.807, 2.05) is 24.3 Å². The highest BCUT2D eigenvalue weighted by Gasteiger charge is 2.57. The molecule has 0 aliphatic carbocycles. The van der Waals surface area contributed by atoms with E-state index in [4.69, 9.17) is 9.47 Å². The Hall–Kier alpha value is -1.38. The molecule has 5 nitrogen and oxygen atoms in total. The highest BCUT2D eigenvalue weighted by molar-refractivity contribution is 9.11. The van der Waals surface area contributed by atoms with E-state index >= 15 is 0 Å². The van der Waals surface area contributed by atoms with Crippen LogP contribution in [0.4, 0.5) is 0 Å². The second kappa shape index (κ2) is 7.93. The number of sulfone groups is 1. The Balaban J connectivity index is 2.08. The van der Waals surface area contributed by atoms with E-state index in [1.165, 1.54) is 18.3 Å². The fourth-order valence-electron chi connectivity index (χ4n) is 3.66. The monoisotopic (exact) mass is 472 g/mol. The molecular formula is C19H21BrO5S2. The van der Waals surface area contributed by atoms with E-state index in [1.54, 1.807) is 19.2 Å². The Kier molecular flexibility index (Phi) is 5.98. The predicted molar refractivity (Wildman–Crippen MR) is 109 cm³/mol. The largest absolute Gasteiger partial charge is 0.497 e. The fraction of sp³-hybridized carbons (Fsp3) is 0.421. The van der Waals surface area contributed by atoms with Crippen molar-refractivity contribution in [1.82, 2.24) is 0 Å². The first-order valence-electron chi connectivity index (χ1n) is 8.59. The Labute approximate surface area is 171 Å². The molecule has 1 aromatic heterocycles. The van der Waals surface area contributed by atoms with E-state index in [0.717, 1.165) is 15.1 Å². The number of rotatable bonds is 5. The molecule has 0 radical (unpaired) electrons. The van der Waals surface area contributed by atoms with Crippen LogP contribution in [0.15, 0.2) is 40.2 Å². The number of hydrogen-bond donors (Lipinski definition) is 0. The summed E-state index contributed by atoms with van der Waals surface area (Å²) in [5.74, 6) is -0.207. The molecule has 2 atom stereocenters. The van der Waals surface area contributed by atoms with Gasteiger partial charge < -0.3 is 9.47 Å². The Morgan fingerprint density at radius 3 is 2.52 bits per heavy atom. The van der Waals surface area contributed by atoms with Gasteiger partial charge in [0.05, 0.1) is 21.5 Å². The lowest BCUT2D eigenvalue weighted by molar-refractivity contribution is -0.154. The summed E-state index contributed by atoms with van der Waals surface area (Å²) in [7, 11) is -2.08. The van der Waals surface area contributed by atoms with Gasteiger partial charge in [-0.2, -0.15) is 0 Å². The van der Waals surface area contributed by atoms with Crippen LogP contribution in [0, 0.1) is 5.92 Å². The zero-order chi connectivity index (χ0) is 19.7. The van der Waals surface area contributed by atoms with Crippen LogP contribution in [0.5, 0.6) is 5.75 Å². The average Bonchev–Trinajstić information content (AvgIpc) is 3.05. The molecule has 1 aliphatic heterocycles. The summed E-state index contributed by atoms with van der Waals surface area (Å²) < 4.78 is 38.1. The standard InChI is InChI=1S/C19H21BrO5S2/c1-13(21)25-19(17-9-10-18(20)26-17)15(4-3-11-27(19,22)23)12-14-5-7-16(24-2)8-6-14/h5-10,15H,3-4,11-12H2,1-2H3/t15?,19-/m0/s1. The van der Waals surface area contributed by atoms with Crippen LogP contribution in [0.3, 0.4) is 0 Å². The van der Waals surface area contributed by atoms with Crippen LogP contribution in [-0.2, 0) is 30.7 Å². The molecule has 2 heterocycles. The molecule has 0 bridgehead atoms. The lowest BCUT2D eigenvalue weighted by atomic mass is 9.88. The fourth-order valence-corrected chi connectivity index (χ4v) is 7.84. The number of esters is 1. The van der Waals surface area contributed by atoms with Gasteiger partial charge in [-0.25, -0.2) is 8.42 Å². The lowest BCUT2D eigenvalue weighted by Crippen LogP contribution is -2.50. The number of ether oxygens (including phenoxy) is 2. The first-order valence-corrected chi connectivity index (χ1v) is 11.9. The highest BCUT2D eigenvalue weighted by atomic mass is 79.9. The van der Waals surface area contributed by atoms with Gasteiger partial charge in [0, 0.05) is 12.8 Å². The molecule has 3 rings (SSSR count). The molecule has 1 fully saturated rings. The average molecular weight is 473 g/mol. The number of halogens is 1. The number of benzene rings is 1. The van der Waals surface area contributed by atoms with Gasteiger partial charge in [-0.15, -0.1) is 11.3 Å². The van der Waals surface area contributed by atoms with Gasteiger partial charge in [0.15, 0.2) is 9.84 Å². The molecule has 27 heavy (non-hydrogen) atoms. The number of hydrogen-bond acceptors (Lipinski definition) is 6. The quantitative estimate of drug-likeness (QED) is 0.606. The van der Waals surface area contributed by atoms with Crippen molar-refractivity contribution < 1.29 is 22.7 Å². The van der Waals surface area contributed by atoms with Crippen molar-refractivity contribution in [2.24, 2.45) is 5.92 Å². The molecule has 2 aromatic rings. The van der Waals surface area contributed by atoms with Crippen molar-refractivity contribution in [1.29, 1.82) is 0 Å². The van der Waals surface area contributed by atoms with Crippen LogP contribution >= 0.6 is 27.3 Å². The van der Waals surface area contributed by atoms with Crippen molar-refractivity contribution in [3.8, 4) is 5.75 Å². The highest BCUT2D eigenvalue weighted by Crippen LogP contribution is 2.49. The molecule has 0 N–H and O–H groups in total. The van der Waals surface area contributed by atoms with Crippen LogP contribution < -0.4 is 4.74 Å². The number of carbonyl (C=O) groups is 1. The minimum atomic E-state index is -3.68. The molecule has 1 unspecified atom stereocenters. The molecule has 0 amide bonds. The third-order valence-electron chi connectivity index (χ3n) is 4.82. The minimum Gasteiger partial charge on any atom is -0.497 e. The summed E-state index contributed by atoms with van der Waals surface area (Å²) in [6.45, 7) is 1.26. The summed E-state index contributed by atoms with van der Waals surface area (Å²) in [5, 5.41) is 0. The van der Waals surface area contributed by atoms with E-state index in [0.29, 0.717) is 24.1 Å². The Bertz CT molecular complexity index is 920. The zero-order valence-corrected chi connectivity index (χ0v) is 18.3.